The molecule has 0 aliphatic carbocycles. The summed E-state index contributed by atoms with van der Waals surface area (Å²) in [4.78, 5) is 2.58. The first-order chi connectivity index (χ1) is 10.2. The lowest BCUT2D eigenvalue weighted by molar-refractivity contribution is 0.0678. The fraction of sp³-hybridized carbons (Fsp3) is 0.647. The van der Waals surface area contributed by atoms with E-state index in [1.54, 1.807) is 14.2 Å². The summed E-state index contributed by atoms with van der Waals surface area (Å²) in [5, 5.41) is 3.82. The van der Waals surface area contributed by atoms with Crippen LogP contribution in [0.1, 0.15) is 31.4 Å². The minimum atomic E-state index is 0.264. The number of piperidine rings is 3. The number of rotatable bonds is 5. The molecule has 3 heterocycles. The Morgan fingerprint density at radius 3 is 2.52 bits per heavy atom. The van der Waals surface area contributed by atoms with Gasteiger partial charge >= 0.3 is 0 Å². The van der Waals surface area contributed by atoms with Gasteiger partial charge in [0.05, 0.1) is 14.2 Å². The van der Waals surface area contributed by atoms with Crippen LogP contribution >= 0.6 is 0 Å². The van der Waals surface area contributed by atoms with Crippen molar-refractivity contribution < 1.29 is 9.47 Å². The molecular formula is C17H26N2O2. The van der Waals surface area contributed by atoms with Crippen molar-refractivity contribution in [3.8, 4) is 11.5 Å². The predicted molar refractivity (Wildman–Crippen MR) is 84.0 cm³/mol. The van der Waals surface area contributed by atoms with E-state index in [4.69, 9.17) is 9.47 Å². The molecule has 2 unspecified atom stereocenters. The maximum atomic E-state index is 5.51. The fourth-order valence-electron chi connectivity index (χ4n) is 3.74. The number of nitrogens with one attached hydrogen (secondary N) is 1. The normalized spacial score (nSPS) is 29.2. The Labute approximate surface area is 127 Å². The van der Waals surface area contributed by atoms with Gasteiger partial charge in [-0.05, 0) is 57.0 Å². The monoisotopic (exact) mass is 290 g/mol. The molecule has 2 bridgehead atoms. The lowest BCUT2D eigenvalue weighted by atomic mass is 9.83. The molecule has 0 spiro atoms. The second kappa shape index (κ2) is 6.24. The van der Waals surface area contributed by atoms with Gasteiger partial charge in [0.2, 0.25) is 0 Å². The fourth-order valence-corrected chi connectivity index (χ4v) is 3.74. The van der Waals surface area contributed by atoms with Crippen LogP contribution in [0.15, 0.2) is 18.2 Å². The smallest absolute Gasteiger partial charge is 0.123 e. The van der Waals surface area contributed by atoms with Gasteiger partial charge in [0, 0.05) is 24.2 Å². The van der Waals surface area contributed by atoms with Crippen LogP contribution in [0, 0.1) is 5.92 Å². The van der Waals surface area contributed by atoms with E-state index in [0.29, 0.717) is 6.04 Å². The van der Waals surface area contributed by atoms with Crippen LogP contribution in [0.2, 0.25) is 0 Å². The molecule has 1 aromatic rings. The van der Waals surface area contributed by atoms with E-state index in [-0.39, 0.29) is 6.04 Å². The van der Waals surface area contributed by atoms with Gasteiger partial charge in [0.15, 0.2) is 0 Å². The topological polar surface area (TPSA) is 33.7 Å². The number of fused-ring (bicyclic) bond motifs is 3. The van der Waals surface area contributed by atoms with E-state index in [1.165, 1.54) is 38.0 Å². The third-order valence-electron chi connectivity index (χ3n) is 5.02. The Kier molecular flexibility index (Phi) is 4.36. The van der Waals surface area contributed by atoms with Crippen LogP contribution in [0.4, 0.5) is 0 Å². The maximum Gasteiger partial charge on any atom is 0.123 e. The standard InChI is InChI=1S/C17H26N2O2/c1-12(15-10-14(20-2)4-5-17(15)21-3)18-16-11-19-8-6-13(16)7-9-19/h4-5,10,12-13,16,18H,6-9,11H2,1-3H3. The first-order valence-electron chi connectivity index (χ1n) is 7.91. The van der Waals surface area contributed by atoms with Crippen molar-refractivity contribution in [2.45, 2.75) is 31.8 Å². The lowest BCUT2D eigenvalue weighted by Gasteiger charge is -2.46. The largest absolute Gasteiger partial charge is 0.497 e. The number of hydrogen-bond donors (Lipinski definition) is 1. The first kappa shape index (κ1) is 14.7. The summed E-state index contributed by atoms with van der Waals surface area (Å²) in [7, 11) is 3.43. The molecular weight excluding hydrogens is 264 g/mol. The molecule has 1 N–H and O–H groups in total. The maximum absolute atomic E-state index is 5.51. The molecule has 4 nitrogen and oxygen atoms in total. The molecule has 3 aliphatic rings. The van der Waals surface area contributed by atoms with E-state index in [9.17, 15) is 0 Å². The van der Waals surface area contributed by atoms with Crippen LogP contribution < -0.4 is 14.8 Å². The number of nitrogens with zero attached hydrogens (tertiary/aromatic N) is 1. The minimum absolute atomic E-state index is 0.264. The number of benzene rings is 1. The third kappa shape index (κ3) is 3.01. The molecule has 0 saturated carbocycles. The summed E-state index contributed by atoms with van der Waals surface area (Å²) < 4.78 is 10.9. The van der Waals surface area contributed by atoms with E-state index >= 15 is 0 Å². The van der Waals surface area contributed by atoms with Crippen molar-refractivity contribution in [1.82, 2.24) is 10.2 Å². The SMILES string of the molecule is COc1ccc(OC)c(C(C)NC2CN3CCC2CC3)c1. The highest BCUT2D eigenvalue weighted by molar-refractivity contribution is 5.42. The van der Waals surface area contributed by atoms with Crippen molar-refractivity contribution in [2.75, 3.05) is 33.9 Å². The van der Waals surface area contributed by atoms with Gasteiger partial charge < -0.3 is 19.7 Å². The molecule has 4 heteroatoms. The summed E-state index contributed by atoms with van der Waals surface area (Å²) in [6, 6.07) is 6.88. The quantitative estimate of drug-likeness (QED) is 0.903. The van der Waals surface area contributed by atoms with Gasteiger partial charge in [0.1, 0.15) is 11.5 Å². The zero-order chi connectivity index (χ0) is 14.8. The summed E-state index contributed by atoms with van der Waals surface area (Å²) in [5.74, 6) is 2.64. The van der Waals surface area contributed by atoms with Gasteiger partial charge in [-0.25, -0.2) is 0 Å². The van der Waals surface area contributed by atoms with Crippen molar-refractivity contribution in [3.63, 3.8) is 0 Å². The molecule has 0 aromatic heterocycles. The van der Waals surface area contributed by atoms with Crippen molar-refractivity contribution in [1.29, 1.82) is 0 Å². The predicted octanol–water partition coefficient (Wildman–Crippen LogP) is 2.45. The molecule has 1 aromatic carbocycles. The van der Waals surface area contributed by atoms with Crippen LogP contribution in [-0.4, -0.2) is 44.8 Å². The molecule has 116 valence electrons. The molecule has 2 atom stereocenters. The molecule has 0 radical (unpaired) electrons. The third-order valence-corrected chi connectivity index (χ3v) is 5.02. The lowest BCUT2D eigenvalue weighted by Crippen LogP contribution is -2.56. The van der Waals surface area contributed by atoms with Crippen LogP contribution in [0.3, 0.4) is 0 Å². The second-order valence-corrected chi connectivity index (χ2v) is 6.24. The Morgan fingerprint density at radius 2 is 1.95 bits per heavy atom. The van der Waals surface area contributed by atoms with Gasteiger partial charge in [-0.2, -0.15) is 0 Å². The summed E-state index contributed by atoms with van der Waals surface area (Å²) >= 11 is 0. The number of hydrogen-bond acceptors (Lipinski definition) is 4. The minimum Gasteiger partial charge on any atom is -0.497 e. The summed E-state index contributed by atoms with van der Waals surface area (Å²) in [6.07, 6.45) is 2.67. The highest BCUT2D eigenvalue weighted by atomic mass is 16.5. The second-order valence-electron chi connectivity index (χ2n) is 6.24. The van der Waals surface area contributed by atoms with E-state index in [0.717, 1.165) is 17.4 Å². The zero-order valence-electron chi connectivity index (χ0n) is 13.3. The average molecular weight is 290 g/mol. The Bertz CT molecular complexity index is 484. The van der Waals surface area contributed by atoms with Crippen LogP contribution in [0.25, 0.3) is 0 Å². The highest BCUT2D eigenvalue weighted by Crippen LogP contribution is 2.32. The Hall–Kier alpha value is -1.26. The average Bonchev–Trinajstić information content (AvgIpc) is 2.55. The van der Waals surface area contributed by atoms with Gasteiger partial charge in [-0.1, -0.05) is 0 Å². The number of methoxy groups -OCH3 is 2. The molecule has 3 fully saturated rings. The molecule has 4 rings (SSSR count). The molecule has 21 heavy (non-hydrogen) atoms. The van der Waals surface area contributed by atoms with E-state index in [2.05, 4.69) is 23.2 Å². The summed E-state index contributed by atoms with van der Waals surface area (Å²) in [6.45, 7) is 5.95. The van der Waals surface area contributed by atoms with Gasteiger partial charge in [-0.3, -0.25) is 0 Å². The Balaban J connectivity index is 1.74. The summed E-state index contributed by atoms with van der Waals surface area (Å²) in [5.41, 5.74) is 1.17. The van der Waals surface area contributed by atoms with Crippen molar-refractivity contribution in [3.05, 3.63) is 23.8 Å². The molecule has 3 saturated heterocycles. The molecule has 0 amide bonds. The Morgan fingerprint density at radius 1 is 1.19 bits per heavy atom. The van der Waals surface area contributed by atoms with Crippen molar-refractivity contribution in [2.24, 2.45) is 5.92 Å². The van der Waals surface area contributed by atoms with Crippen LogP contribution in [-0.2, 0) is 0 Å². The highest BCUT2D eigenvalue weighted by Gasteiger charge is 2.34. The first-order valence-corrected chi connectivity index (χ1v) is 7.91. The van der Waals surface area contributed by atoms with Gasteiger partial charge in [0.25, 0.3) is 0 Å². The van der Waals surface area contributed by atoms with E-state index in [1.807, 2.05) is 12.1 Å². The van der Waals surface area contributed by atoms with Crippen LogP contribution in [0.5, 0.6) is 11.5 Å². The van der Waals surface area contributed by atoms with Crippen molar-refractivity contribution >= 4 is 0 Å². The molecule has 3 aliphatic heterocycles. The van der Waals surface area contributed by atoms with E-state index < -0.39 is 0 Å². The number of ether oxygens (including phenoxy) is 2. The van der Waals surface area contributed by atoms with Gasteiger partial charge in [-0.15, -0.1) is 0 Å². The zero-order valence-corrected chi connectivity index (χ0v) is 13.3.